The number of nitrogens with zero attached hydrogens (tertiary/aromatic N) is 1. The standard InChI is InChI=1S/C24H37NO3S/c1-24(2,3)29(27,28)18-20-13-15-25(16-14-20)23(26)17-19-9-11-22(12-10-19)21-7-5-4-6-8-21/h9-12,20-21H,4-8,13-18H2,1-3H3. The Morgan fingerprint density at radius 2 is 1.55 bits per heavy atom. The molecule has 0 atom stereocenters. The number of rotatable bonds is 5. The maximum atomic E-state index is 12.7. The van der Waals surface area contributed by atoms with E-state index < -0.39 is 14.6 Å². The van der Waals surface area contributed by atoms with E-state index in [0.29, 0.717) is 25.4 Å². The van der Waals surface area contributed by atoms with Crippen molar-refractivity contribution >= 4 is 15.7 Å². The van der Waals surface area contributed by atoms with Gasteiger partial charge in [0, 0.05) is 13.1 Å². The first-order chi connectivity index (χ1) is 13.7. The Hall–Kier alpha value is -1.36. The first-order valence-electron chi connectivity index (χ1n) is 11.2. The Balaban J connectivity index is 1.48. The van der Waals surface area contributed by atoms with Crippen LogP contribution in [-0.4, -0.2) is 42.8 Å². The van der Waals surface area contributed by atoms with Gasteiger partial charge in [0.25, 0.3) is 0 Å². The molecular weight excluding hydrogens is 382 g/mol. The minimum Gasteiger partial charge on any atom is -0.342 e. The highest BCUT2D eigenvalue weighted by Gasteiger charge is 2.33. The van der Waals surface area contributed by atoms with E-state index in [2.05, 4.69) is 24.3 Å². The molecule has 4 nitrogen and oxygen atoms in total. The third-order valence-corrected chi connectivity index (χ3v) is 9.54. The molecule has 0 spiro atoms. The van der Waals surface area contributed by atoms with E-state index in [1.807, 2.05) is 4.90 Å². The molecule has 0 N–H and O–H groups in total. The lowest BCUT2D eigenvalue weighted by Gasteiger charge is -2.33. The molecule has 0 unspecified atom stereocenters. The summed E-state index contributed by atoms with van der Waals surface area (Å²) in [6.07, 6.45) is 8.60. The van der Waals surface area contributed by atoms with Crippen LogP contribution < -0.4 is 0 Å². The van der Waals surface area contributed by atoms with Crippen LogP contribution in [0.2, 0.25) is 0 Å². The van der Waals surface area contributed by atoms with E-state index in [9.17, 15) is 13.2 Å². The van der Waals surface area contributed by atoms with Gasteiger partial charge < -0.3 is 4.90 Å². The SMILES string of the molecule is CC(C)(C)S(=O)(=O)CC1CCN(C(=O)Cc2ccc(C3CCCCC3)cc2)CC1. The number of benzene rings is 1. The van der Waals surface area contributed by atoms with Gasteiger partial charge in [-0.2, -0.15) is 0 Å². The monoisotopic (exact) mass is 419 g/mol. The molecule has 0 aromatic heterocycles. The van der Waals surface area contributed by atoms with Gasteiger partial charge >= 0.3 is 0 Å². The third-order valence-electron chi connectivity index (χ3n) is 6.77. The molecule has 1 aromatic rings. The molecule has 1 aliphatic heterocycles. The lowest BCUT2D eigenvalue weighted by Crippen LogP contribution is -2.42. The van der Waals surface area contributed by atoms with Crippen molar-refractivity contribution in [3.8, 4) is 0 Å². The first-order valence-corrected chi connectivity index (χ1v) is 12.9. The average molecular weight is 420 g/mol. The second-order valence-corrected chi connectivity index (χ2v) is 12.8. The Morgan fingerprint density at radius 1 is 0.966 bits per heavy atom. The van der Waals surface area contributed by atoms with Gasteiger partial charge in [0.05, 0.1) is 16.9 Å². The molecule has 2 aliphatic rings. The number of hydrogen-bond acceptors (Lipinski definition) is 3. The number of carbonyl (C=O) groups excluding carboxylic acids is 1. The fraction of sp³-hybridized carbons (Fsp3) is 0.708. The fourth-order valence-corrected chi connectivity index (χ4v) is 5.99. The van der Waals surface area contributed by atoms with Gasteiger partial charge in [-0.15, -0.1) is 0 Å². The van der Waals surface area contributed by atoms with Crippen molar-refractivity contribution < 1.29 is 13.2 Å². The first kappa shape index (κ1) is 22.3. The van der Waals surface area contributed by atoms with Crippen molar-refractivity contribution in [1.29, 1.82) is 0 Å². The van der Waals surface area contributed by atoms with Gasteiger partial charge in [-0.05, 0) is 69.4 Å². The Kier molecular flexibility index (Phi) is 7.08. The lowest BCUT2D eigenvalue weighted by molar-refractivity contribution is -0.131. The van der Waals surface area contributed by atoms with E-state index in [1.165, 1.54) is 37.7 Å². The van der Waals surface area contributed by atoms with Crippen molar-refractivity contribution in [2.24, 2.45) is 5.92 Å². The zero-order chi connectivity index (χ0) is 21.1. The topological polar surface area (TPSA) is 54.5 Å². The Bertz CT molecular complexity index is 778. The summed E-state index contributed by atoms with van der Waals surface area (Å²) in [7, 11) is -3.10. The van der Waals surface area contributed by atoms with Crippen LogP contribution in [0.3, 0.4) is 0 Å². The van der Waals surface area contributed by atoms with Crippen LogP contribution in [0.5, 0.6) is 0 Å². The highest BCUT2D eigenvalue weighted by molar-refractivity contribution is 7.92. The molecule has 1 heterocycles. The molecule has 29 heavy (non-hydrogen) atoms. The maximum absolute atomic E-state index is 12.7. The highest BCUT2D eigenvalue weighted by Crippen LogP contribution is 2.32. The van der Waals surface area contributed by atoms with Crippen LogP contribution in [0, 0.1) is 5.92 Å². The predicted molar refractivity (Wildman–Crippen MR) is 119 cm³/mol. The van der Waals surface area contributed by atoms with Crippen LogP contribution in [0.15, 0.2) is 24.3 Å². The number of sulfone groups is 1. The largest absolute Gasteiger partial charge is 0.342 e. The van der Waals surface area contributed by atoms with Crippen molar-refractivity contribution in [2.75, 3.05) is 18.8 Å². The molecule has 5 heteroatoms. The smallest absolute Gasteiger partial charge is 0.226 e. The molecule has 1 aliphatic carbocycles. The lowest BCUT2D eigenvalue weighted by atomic mass is 9.84. The maximum Gasteiger partial charge on any atom is 0.226 e. The average Bonchev–Trinajstić information content (AvgIpc) is 2.68. The van der Waals surface area contributed by atoms with E-state index in [1.54, 1.807) is 20.8 Å². The molecule has 0 radical (unpaired) electrons. The minimum absolute atomic E-state index is 0.160. The van der Waals surface area contributed by atoms with Crippen LogP contribution in [-0.2, 0) is 21.1 Å². The van der Waals surface area contributed by atoms with Gasteiger partial charge in [-0.1, -0.05) is 43.5 Å². The second kappa shape index (κ2) is 9.20. The van der Waals surface area contributed by atoms with E-state index in [4.69, 9.17) is 0 Å². The molecule has 3 rings (SSSR count). The van der Waals surface area contributed by atoms with Crippen LogP contribution in [0.4, 0.5) is 0 Å². The van der Waals surface area contributed by atoms with Crippen molar-refractivity contribution in [3.05, 3.63) is 35.4 Å². The van der Waals surface area contributed by atoms with Crippen LogP contribution in [0.1, 0.15) is 82.8 Å². The quantitative estimate of drug-likeness (QED) is 0.693. The van der Waals surface area contributed by atoms with Crippen molar-refractivity contribution in [2.45, 2.75) is 82.8 Å². The molecule has 0 bridgehead atoms. The molecule has 1 saturated heterocycles. The number of carbonyl (C=O) groups is 1. The molecule has 1 saturated carbocycles. The van der Waals surface area contributed by atoms with E-state index in [-0.39, 0.29) is 17.6 Å². The summed E-state index contributed by atoms with van der Waals surface area (Å²) in [5, 5.41) is 0. The van der Waals surface area contributed by atoms with Gasteiger partial charge in [-0.25, -0.2) is 8.42 Å². The zero-order valence-corrected chi connectivity index (χ0v) is 19.1. The van der Waals surface area contributed by atoms with Gasteiger partial charge in [-0.3, -0.25) is 4.79 Å². The number of piperidine rings is 1. The zero-order valence-electron chi connectivity index (χ0n) is 18.3. The fourth-order valence-electron chi connectivity index (χ4n) is 4.54. The van der Waals surface area contributed by atoms with Crippen LogP contribution >= 0.6 is 0 Å². The van der Waals surface area contributed by atoms with Crippen LogP contribution in [0.25, 0.3) is 0 Å². The second-order valence-electron chi connectivity index (χ2n) is 9.97. The van der Waals surface area contributed by atoms with Crippen molar-refractivity contribution in [1.82, 2.24) is 4.90 Å². The normalized spacial score (nSPS) is 20.0. The van der Waals surface area contributed by atoms with Gasteiger partial charge in [0.2, 0.25) is 5.91 Å². The summed E-state index contributed by atoms with van der Waals surface area (Å²) in [6.45, 7) is 6.63. The molecule has 162 valence electrons. The molecule has 1 amide bonds. The highest BCUT2D eigenvalue weighted by atomic mass is 32.2. The van der Waals surface area contributed by atoms with E-state index >= 15 is 0 Å². The molecule has 2 fully saturated rings. The molecular formula is C24H37NO3S. The summed E-state index contributed by atoms with van der Waals surface area (Å²) < 4.78 is 24.2. The number of hydrogen-bond donors (Lipinski definition) is 0. The minimum atomic E-state index is -3.10. The molecule has 1 aromatic carbocycles. The Morgan fingerprint density at radius 3 is 2.10 bits per heavy atom. The number of amides is 1. The van der Waals surface area contributed by atoms with Crippen molar-refractivity contribution in [3.63, 3.8) is 0 Å². The predicted octanol–water partition coefficient (Wildman–Crippen LogP) is 4.73. The summed E-state index contributed by atoms with van der Waals surface area (Å²) in [5.74, 6) is 1.25. The summed E-state index contributed by atoms with van der Waals surface area (Å²) >= 11 is 0. The van der Waals surface area contributed by atoms with Gasteiger partial charge in [0.1, 0.15) is 0 Å². The van der Waals surface area contributed by atoms with E-state index in [0.717, 1.165) is 18.4 Å². The van der Waals surface area contributed by atoms with Gasteiger partial charge in [0.15, 0.2) is 9.84 Å². The summed E-state index contributed by atoms with van der Waals surface area (Å²) in [5.41, 5.74) is 2.49. The summed E-state index contributed by atoms with van der Waals surface area (Å²) in [4.78, 5) is 14.6. The Labute approximate surface area is 177 Å². The number of likely N-dealkylation sites (tertiary alicyclic amines) is 1. The third kappa shape index (κ3) is 5.84. The summed E-state index contributed by atoms with van der Waals surface area (Å²) in [6, 6.07) is 8.65.